The molecule has 0 saturated carbocycles. The maximum atomic E-state index is 12.4. The summed E-state index contributed by atoms with van der Waals surface area (Å²) in [5.74, 6) is 0.115. The van der Waals surface area contributed by atoms with Gasteiger partial charge in [-0.3, -0.25) is 9.78 Å². The summed E-state index contributed by atoms with van der Waals surface area (Å²) < 4.78 is 1.65. The van der Waals surface area contributed by atoms with Gasteiger partial charge in [0, 0.05) is 23.6 Å². The Labute approximate surface area is 166 Å². The van der Waals surface area contributed by atoms with Gasteiger partial charge in [0.15, 0.2) is 5.65 Å². The number of hydrogen-bond acceptors (Lipinski definition) is 6. The molecule has 1 amide bonds. The van der Waals surface area contributed by atoms with Crippen molar-refractivity contribution in [2.45, 2.75) is 19.0 Å². The number of thioether (sulfide) groups is 1. The number of carbonyl (C=O) groups excluding carboxylic acids is 1. The van der Waals surface area contributed by atoms with Crippen LogP contribution in [0, 0.1) is 13.8 Å². The number of rotatable bonds is 5. The lowest BCUT2D eigenvalue weighted by Gasteiger charge is -2.08. The molecule has 0 radical (unpaired) electrons. The van der Waals surface area contributed by atoms with E-state index in [4.69, 9.17) is 0 Å². The standard InChI is InChI=1S/C20H18N6OS/c1-13-5-6-16(14(2)10-13)22-19(27)12-28-20-24-23-18-8-7-17(25-26(18)20)15-4-3-9-21-11-15/h3-11H,12H2,1-2H3,(H,22,27). The molecule has 0 aliphatic heterocycles. The van der Waals surface area contributed by atoms with Crippen molar-refractivity contribution >= 4 is 29.0 Å². The molecule has 0 fully saturated rings. The van der Waals surface area contributed by atoms with Crippen LogP contribution >= 0.6 is 11.8 Å². The molecule has 0 spiro atoms. The molecule has 140 valence electrons. The average Bonchev–Trinajstić information content (AvgIpc) is 3.11. The van der Waals surface area contributed by atoms with Gasteiger partial charge in [-0.15, -0.1) is 10.2 Å². The Bertz CT molecular complexity index is 1140. The largest absolute Gasteiger partial charge is 0.325 e. The summed E-state index contributed by atoms with van der Waals surface area (Å²) in [5.41, 5.74) is 5.32. The second-order valence-corrected chi connectivity index (χ2v) is 7.31. The normalized spacial score (nSPS) is 10.9. The predicted octanol–water partition coefficient (Wildman–Crippen LogP) is 3.53. The Kier molecular flexibility index (Phi) is 5.03. The monoisotopic (exact) mass is 390 g/mol. The molecule has 4 aromatic rings. The Morgan fingerprint density at radius 2 is 2.04 bits per heavy atom. The maximum Gasteiger partial charge on any atom is 0.234 e. The molecule has 0 aliphatic rings. The van der Waals surface area contributed by atoms with Crippen molar-refractivity contribution in [2.75, 3.05) is 11.1 Å². The number of hydrogen-bond donors (Lipinski definition) is 1. The summed E-state index contributed by atoms with van der Waals surface area (Å²) in [5, 5.41) is 16.4. The number of fused-ring (bicyclic) bond motifs is 1. The molecule has 0 aliphatic carbocycles. The SMILES string of the molecule is Cc1ccc(NC(=O)CSc2nnc3ccc(-c4cccnc4)nn23)c(C)c1. The molecule has 0 atom stereocenters. The van der Waals surface area contributed by atoms with Crippen molar-refractivity contribution < 1.29 is 4.79 Å². The number of nitrogens with one attached hydrogen (secondary N) is 1. The van der Waals surface area contributed by atoms with Gasteiger partial charge in [-0.2, -0.15) is 9.61 Å². The highest BCUT2D eigenvalue weighted by molar-refractivity contribution is 7.99. The average molecular weight is 390 g/mol. The van der Waals surface area contributed by atoms with E-state index in [-0.39, 0.29) is 11.7 Å². The van der Waals surface area contributed by atoms with Gasteiger partial charge in [0.25, 0.3) is 0 Å². The van der Waals surface area contributed by atoms with E-state index < -0.39 is 0 Å². The van der Waals surface area contributed by atoms with Gasteiger partial charge in [-0.25, -0.2) is 0 Å². The van der Waals surface area contributed by atoms with Crippen molar-refractivity contribution in [1.82, 2.24) is 24.8 Å². The van der Waals surface area contributed by atoms with E-state index in [1.165, 1.54) is 11.8 Å². The van der Waals surface area contributed by atoms with Crippen LogP contribution in [0.3, 0.4) is 0 Å². The molecule has 7 nitrogen and oxygen atoms in total. The molecule has 0 bridgehead atoms. The van der Waals surface area contributed by atoms with Crippen molar-refractivity contribution in [1.29, 1.82) is 0 Å². The van der Waals surface area contributed by atoms with Crippen LogP contribution in [0.1, 0.15) is 11.1 Å². The summed E-state index contributed by atoms with van der Waals surface area (Å²) >= 11 is 1.30. The van der Waals surface area contributed by atoms with Crippen molar-refractivity contribution in [3.8, 4) is 11.3 Å². The van der Waals surface area contributed by atoms with Crippen LogP contribution in [0.2, 0.25) is 0 Å². The molecule has 3 heterocycles. The molecular formula is C20H18N6OS. The smallest absolute Gasteiger partial charge is 0.234 e. The summed E-state index contributed by atoms with van der Waals surface area (Å²) in [6.07, 6.45) is 3.47. The highest BCUT2D eigenvalue weighted by Crippen LogP contribution is 2.21. The molecule has 0 saturated heterocycles. The number of carbonyl (C=O) groups is 1. The van der Waals surface area contributed by atoms with Crippen LogP contribution < -0.4 is 5.32 Å². The number of nitrogens with zero attached hydrogens (tertiary/aromatic N) is 5. The molecule has 1 aromatic carbocycles. The van der Waals surface area contributed by atoms with Crippen LogP contribution in [0.25, 0.3) is 16.9 Å². The molecule has 4 rings (SSSR count). The fourth-order valence-electron chi connectivity index (χ4n) is 2.80. The minimum atomic E-state index is -0.0999. The first-order valence-electron chi connectivity index (χ1n) is 8.73. The summed E-state index contributed by atoms with van der Waals surface area (Å²) in [6.45, 7) is 4.00. The molecule has 3 aromatic heterocycles. The van der Waals surface area contributed by atoms with Crippen molar-refractivity contribution in [3.05, 3.63) is 66.0 Å². The van der Waals surface area contributed by atoms with Gasteiger partial charge in [-0.1, -0.05) is 29.5 Å². The van der Waals surface area contributed by atoms with Crippen LogP contribution in [-0.2, 0) is 4.79 Å². The summed E-state index contributed by atoms with van der Waals surface area (Å²) in [7, 11) is 0. The Morgan fingerprint density at radius 3 is 2.82 bits per heavy atom. The van der Waals surface area contributed by atoms with Crippen molar-refractivity contribution in [2.24, 2.45) is 0 Å². The van der Waals surface area contributed by atoms with Gasteiger partial charge < -0.3 is 5.32 Å². The third kappa shape index (κ3) is 3.86. The van der Waals surface area contributed by atoms with Gasteiger partial charge in [0.2, 0.25) is 11.1 Å². The predicted molar refractivity (Wildman–Crippen MR) is 109 cm³/mol. The zero-order valence-electron chi connectivity index (χ0n) is 15.5. The van der Waals surface area contributed by atoms with Gasteiger partial charge >= 0.3 is 0 Å². The van der Waals surface area contributed by atoms with Gasteiger partial charge in [0.1, 0.15) is 0 Å². The minimum Gasteiger partial charge on any atom is -0.325 e. The lowest BCUT2D eigenvalue weighted by molar-refractivity contribution is -0.113. The van der Waals surface area contributed by atoms with Gasteiger partial charge in [-0.05, 0) is 49.7 Å². The quantitative estimate of drug-likeness (QED) is 0.525. The number of aryl methyl sites for hydroxylation is 2. The molecule has 8 heteroatoms. The highest BCUT2D eigenvalue weighted by Gasteiger charge is 2.12. The van der Waals surface area contributed by atoms with Crippen LogP contribution in [-0.4, -0.2) is 36.5 Å². The summed E-state index contributed by atoms with van der Waals surface area (Å²) in [4.78, 5) is 16.5. The maximum absolute atomic E-state index is 12.4. The topological polar surface area (TPSA) is 85.1 Å². The van der Waals surface area contributed by atoms with E-state index >= 15 is 0 Å². The van der Waals surface area contributed by atoms with Gasteiger partial charge in [0.05, 0.1) is 11.4 Å². The van der Waals surface area contributed by atoms with E-state index in [9.17, 15) is 4.79 Å². The van der Waals surface area contributed by atoms with E-state index in [1.807, 2.05) is 56.3 Å². The Hall–Kier alpha value is -3.26. The molecule has 0 unspecified atom stereocenters. The zero-order valence-corrected chi connectivity index (χ0v) is 16.3. The van der Waals surface area contributed by atoms with Crippen LogP contribution in [0.4, 0.5) is 5.69 Å². The number of pyridine rings is 1. The number of anilines is 1. The van der Waals surface area contributed by atoms with E-state index in [0.717, 1.165) is 28.1 Å². The number of benzene rings is 1. The first kappa shape index (κ1) is 18.1. The Morgan fingerprint density at radius 1 is 1.14 bits per heavy atom. The Balaban J connectivity index is 1.49. The van der Waals surface area contributed by atoms with E-state index in [2.05, 4.69) is 25.6 Å². The minimum absolute atomic E-state index is 0.0999. The third-order valence-electron chi connectivity index (χ3n) is 4.18. The first-order valence-corrected chi connectivity index (χ1v) is 9.71. The lowest BCUT2D eigenvalue weighted by atomic mass is 10.1. The fraction of sp³-hybridized carbons (Fsp3) is 0.150. The van der Waals surface area contributed by atoms with Crippen molar-refractivity contribution in [3.63, 3.8) is 0 Å². The molecule has 1 N–H and O–H groups in total. The second-order valence-electron chi connectivity index (χ2n) is 6.37. The summed E-state index contributed by atoms with van der Waals surface area (Å²) in [6, 6.07) is 13.5. The van der Waals surface area contributed by atoms with Crippen LogP contribution in [0.5, 0.6) is 0 Å². The first-order chi connectivity index (χ1) is 13.6. The lowest BCUT2D eigenvalue weighted by Crippen LogP contribution is -2.15. The highest BCUT2D eigenvalue weighted by atomic mass is 32.2. The molecular weight excluding hydrogens is 372 g/mol. The third-order valence-corrected chi connectivity index (χ3v) is 5.10. The molecule has 28 heavy (non-hydrogen) atoms. The zero-order chi connectivity index (χ0) is 19.5. The van der Waals surface area contributed by atoms with E-state index in [0.29, 0.717) is 10.8 Å². The second kappa shape index (κ2) is 7.77. The van der Waals surface area contributed by atoms with Crippen LogP contribution in [0.15, 0.2) is 60.0 Å². The van der Waals surface area contributed by atoms with E-state index in [1.54, 1.807) is 16.9 Å². The number of amides is 1. The fourth-order valence-corrected chi connectivity index (χ4v) is 3.49. The number of aromatic nitrogens is 5.